The first-order valence-electron chi connectivity index (χ1n) is 12.6. The van der Waals surface area contributed by atoms with Crippen LogP contribution in [0.3, 0.4) is 0 Å². The lowest BCUT2D eigenvalue weighted by atomic mass is 10.0. The van der Waals surface area contributed by atoms with E-state index in [9.17, 15) is 4.79 Å². The highest BCUT2D eigenvalue weighted by Crippen LogP contribution is 2.33. The molecular formula is C28H33N5O2. The summed E-state index contributed by atoms with van der Waals surface area (Å²) in [6.07, 6.45) is 4.76. The third-order valence-corrected chi connectivity index (χ3v) is 6.77. The van der Waals surface area contributed by atoms with E-state index in [0.717, 1.165) is 24.9 Å². The minimum Gasteiger partial charge on any atom is -0.463 e. The number of hydrogen-bond donors (Lipinski definition) is 1. The van der Waals surface area contributed by atoms with Gasteiger partial charge in [0.05, 0.1) is 19.6 Å². The van der Waals surface area contributed by atoms with Crippen LogP contribution < -0.4 is 15.4 Å². The van der Waals surface area contributed by atoms with Crippen molar-refractivity contribution in [2.24, 2.45) is 0 Å². The molecule has 0 saturated carbocycles. The molecule has 1 fully saturated rings. The van der Waals surface area contributed by atoms with Crippen molar-refractivity contribution < 1.29 is 9.53 Å². The summed E-state index contributed by atoms with van der Waals surface area (Å²) in [6.45, 7) is 6.46. The fourth-order valence-corrected chi connectivity index (χ4v) is 4.79. The van der Waals surface area contributed by atoms with Gasteiger partial charge in [-0.2, -0.15) is 9.97 Å². The van der Waals surface area contributed by atoms with Gasteiger partial charge < -0.3 is 10.5 Å². The second-order valence-electron chi connectivity index (χ2n) is 9.43. The second kappa shape index (κ2) is 10.4. The number of nitrogen functional groups attached to an aromatic ring is 1. The van der Waals surface area contributed by atoms with Crippen molar-refractivity contribution in [2.45, 2.75) is 52.1 Å². The first kappa shape index (κ1) is 23.3. The summed E-state index contributed by atoms with van der Waals surface area (Å²) in [4.78, 5) is 25.7. The SMILES string of the molecule is CCCCOc1nc(N)c2c(n1)N(Cc1ccc(-c3cccc(CN4CCCC4)c3)cc1)C(=O)C2. The molecule has 0 atom stereocenters. The smallest absolute Gasteiger partial charge is 0.320 e. The van der Waals surface area contributed by atoms with Gasteiger partial charge in [-0.1, -0.05) is 55.8 Å². The Kier molecular flexibility index (Phi) is 6.95. The molecule has 0 bridgehead atoms. The van der Waals surface area contributed by atoms with Crippen LogP contribution in [0.1, 0.15) is 49.3 Å². The first-order chi connectivity index (χ1) is 17.1. The highest BCUT2D eigenvalue weighted by atomic mass is 16.5. The largest absolute Gasteiger partial charge is 0.463 e. The normalized spacial score (nSPS) is 15.6. The second-order valence-corrected chi connectivity index (χ2v) is 9.43. The maximum absolute atomic E-state index is 12.8. The Hall–Kier alpha value is -3.45. The molecule has 0 unspecified atom stereocenters. The lowest BCUT2D eigenvalue weighted by Crippen LogP contribution is -2.26. The van der Waals surface area contributed by atoms with Crippen molar-refractivity contribution in [3.05, 3.63) is 65.2 Å². The Labute approximate surface area is 206 Å². The Morgan fingerprint density at radius 3 is 2.54 bits per heavy atom. The van der Waals surface area contributed by atoms with Crippen molar-refractivity contribution in [3.63, 3.8) is 0 Å². The van der Waals surface area contributed by atoms with Gasteiger partial charge >= 0.3 is 6.01 Å². The summed E-state index contributed by atoms with van der Waals surface area (Å²) < 4.78 is 5.66. The lowest BCUT2D eigenvalue weighted by molar-refractivity contribution is -0.117. The number of ether oxygens (including phenoxy) is 1. The minimum atomic E-state index is -0.0228. The van der Waals surface area contributed by atoms with Crippen LogP contribution in [0, 0.1) is 0 Å². The summed E-state index contributed by atoms with van der Waals surface area (Å²) >= 11 is 0. The molecule has 2 N–H and O–H groups in total. The standard InChI is InChI=1S/C28H33N5O2/c1-2-3-15-35-28-30-26(29)24-17-25(34)33(27(24)31-28)19-20-9-11-22(12-10-20)23-8-6-7-21(16-23)18-32-13-4-5-14-32/h6-12,16H,2-5,13-15,17-19H2,1H3,(H2,29,30,31). The van der Waals surface area contributed by atoms with E-state index in [1.54, 1.807) is 4.90 Å². The van der Waals surface area contributed by atoms with Crippen molar-refractivity contribution >= 4 is 17.5 Å². The molecule has 0 radical (unpaired) electrons. The molecule has 0 aliphatic carbocycles. The molecule has 3 heterocycles. The molecule has 7 heteroatoms. The Morgan fingerprint density at radius 1 is 0.971 bits per heavy atom. The van der Waals surface area contributed by atoms with Crippen molar-refractivity contribution in [2.75, 3.05) is 30.3 Å². The van der Waals surface area contributed by atoms with Crippen LogP contribution in [-0.2, 0) is 24.3 Å². The molecule has 2 aliphatic rings. The van der Waals surface area contributed by atoms with Crippen LogP contribution >= 0.6 is 0 Å². The zero-order valence-electron chi connectivity index (χ0n) is 20.4. The fraction of sp³-hybridized carbons (Fsp3) is 0.393. The van der Waals surface area contributed by atoms with Gasteiger partial charge in [0.25, 0.3) is 0 Å². The molecule has 0 spiro atoms. The predicted octanol–water partition coefficient (Wildman–Crippen LogP) is 4.59. The number of likely N-dealkylation sites (tertiary alicyclic amines) is 1. The fourth-order valence-electron chi connectivity index (χ4n) is 4.79. The molecule has 5 rings (SSSR count). The number of unbranched alkanes of at least 4 members (excludes halogenated alkanes) is 1. The number of hydrogen-bond acceptors (Lipinski definition) is 6. The average molecular weight is 472 g/mol. The van der Waals surface area contributed by atoms with Crippen LogP contribution in [0.5, 0.6) is 6.01 Å². The van der Waals surface area contributed by atoms with Gasteiger partial charge in [0.1, 0.15) is 11.6 Å². The molecule has 1 aromatic heterocycles. The number of amides is 1. The van der Waals surface area contributed by atoms with Gasteiger partial charge in [-0.05, 0) is 60.7 Å². The number of benzene rings is 2. The lowest BCUT2D eigenvalue weighted by Gasteiger charge is -2.18. The van der Waals surface area contributed by atoms with E-state index in [1.165, 1.54) is 42.6 Å². The number of carbonyl (C=O) groups excluding carboxylic acids is 1. The topological polar surface area (TPSA) is 84.6 Å². The summed E-state index contributed by atoms with van der Waals surface area (Å²) in [5.41, 5.74) is 11.6. The van der Waals surface area contributed by atoms with Gasteiger partial charge in [-0.15, -0.1) is 0 Å². The third-order valence-electron chi connectivity index (χ3n) is 6.77. The number of fused-ring (bicyclic) bond motifs is 1. The summed E-state index contributed by atoms with van der Waals surface area (Å²) in [5.74, 6) is 0.861. The molecule has 1 amide bonds. The van der Waals surface area contributed by atoms with E-state index in [2.05, 4.69) is 70.3 Å². The van der Waals surface area contributed by atoms with E-state index in [0.29, 0.717) is 30.4 Å². The quantitative estimate of drug-likeness (QED) is 0.460. The van der Waals surface area contributed by atoms with E-state index in [-0.39, 0.29) is 18.3 Å². The van der Waals surface area contributed by atoms with Crippen LogP contribution in [0.2, 0.25) is 0 Å². The van der Waals surface area contributed by atoms with Crippen molar-refractivity contribution in [3.8, 4) is 17.1 Å². The molecule has 2 aliphatic heterocycles. The van der Waals surface area contributed by atoms with Crippen LogP contribution in [0.15, 0.2) is 48.5 Å². The van der Waals surface area contributed by atoms with E-state index in [4.69, 9.17) is 10.5 Å². The summed E-state index contributed by atoms with van der Waals surface area (Å²) in [5, 5.41) is 0. The monoisotopic (exact) mass is 471 g/mol. The Morgan fingerprint density at radius 2 is 1.77 bits per heavy atom. The zero-order valence-corrected chi connectivity index (χ0v) is 20.4. The maximum atomic E-state index is 12.8. The number of aromatic nitrogens is 2. The number of anilines is 2. The Bertz CT molecular complexity index is 1190. The van der Waals surface area contributed by atoms with Crippen LogP contribution in [0.25, 0.3) is 11.1 Å². The van der Waals surface area contributed by atoms with Gasteiger partial charge in [-0.25, -0.2) is 0 Å². The van der Waals surface area contributed by atoms with Crippen LogP contribution in [-0.4, -0.2) is 40.5 Å². The number of nitrogens with two attached hydrogens (primary N) is 1. The molecule has 182 valence electrons. The number of rotatable bonds is 9. The maximum Gasteiger partial charge on any atom is 0.320 e. The molecule has 3 aromatic rings. The number of carbonyl (C=O) groups is 1. The third kappa shape index (κ3) is 5.30. The first-order valence-corrected chi connectivity index (χ1v) is 12.6. The summed E-state index contributed by atoms with van der Waals surface area (Å²) in [7, 11) is 0. The van der Waals surface area contributed by atoms with E-state index >= 15 is 0 Å². The molecule has 1 saturated heterocycles. The number of nitrogens with zero attached hydrogens (tertiary/aromatic N) is 4. The van der Waals surface area contributed by atoms with Crippen LogP contribution in [0.4, 0.5) is 11.6 Å². The molecule has 7 nitrogen and oxygen atoms in total. The van der Waals surface area contributed by atoms with Crippen molar-refractivity contribution in [1.82, 2.24) is 14.9 Å². The highest BCUT2D eigenvalue weighted by Gasteiger charge is 2.32. The minimum absolute atomic E-state index is 0.0228. The zero-order chi connectivity index (χ0) is 24.2. The highest BCUT2D eigenvalue weighted by molar-refractivity contribution is 6.01. The van der Waals surface area contributed by atoms with E-state index < -0.39 is 0 Å². The Balaban J connectivity index is 1.30. The predicted molar refractivity (Wildman–Crippen MR) is 138 cm³/mol. The van der Waals surface area contributed by atoms with Gasteiger partial charge in [0.15, 0.2) is 0 Å². The molecule has 35 heavy (non-hydrogen) atoms. The van der Waals surface area contributed by atoms with Gasteiger partial charge in [0.2, 0.25) is 5.91 Å². The average Bonchev–Trinajstić information content (AvgIpc) is 3.48. The summed E-state index contributed by atoms with van der Waals surface area (Å²) in [6, 6.07) is 17.4. The van der Waals surface area contributed by atoms with Gasteiger partial charge in [0, 0.05) is 12.1 Å². The molecule has 2 aromatic carbocycles. The van der Waals surface area contributed by atoms with E-state index in [1.807, 2.05) is 0 Å². The van der Waals surface area contributed by atoms with Gasteiger partial charge in [-0.3, -0.25) is 14.6 Å². The molecular weight excluding hydrogens is 438 g/mol. The van der Waals surface area contributed by atoms with Crippen molar-refractivity contribution in [1.29, 1.82) is 0 Å².